The zero-order valence-electron chi connectivity index (χ0n) is 17.9. The molecule has 0 atom stereocenters. The molecule has 4 rings (SSSR count). The first-order valence-corrected chi connectivity index (χ1v) is 11.1. The molecule has 3 aliphatic rings. The van der Waals surface area contributed by atoms with Crippen molar-refractivity contribution in [3.05, 3.63) is 35.4 Å². The van der Waals surface area contributed by atoms with Gasteiger partial charge in [-0.2, -0.15) is 0 Å². The molecule has 1 N–H and O–H groups in total. The van der Waals surface area contributed by atoms with Gasteiger partial charge in [0.15, 0.2) is 5.96 Å². The summed E-state index contributed by atoms with van der Waals surface area (Å²) in [5.74, 6) is 0.694. The predicted octanol–water partition coefficient (Wildman–Crippen LogP) is 3.91. The minimum absolute atomic E-state index is 0. The van der Waals surface area contributed by atoms with Gasteiger partial charge in [-0.1, -0.05) is 25.0 Å². The quantitative estimate of drug-likeness (QED) is 0.202. The van der Waals surface area contributed by atoms with Crippen molar-refractivity contribution in [1.29, 1.82) is 0 Å². The SMILES string of the molecule is CCNC(=NCCCCN1C(=O)c2ccccc2C1=O)N1CCC2(CCCC2)C1.I. The van der Waals surface area contributed by atoms with Crippen LogP contribution in [-0.2, 0) is 0 Å². The summed E-state index contributed by atoms with van der Waals surface area (Å²) in [4.78, 5) is 33.5. The molecule has 2 heterocycles. The number of unbranched alkanes of at least 4 members (excludes halogenated alkanes) is 1. The number of amides is 2. The third kappa shape index (κ3) is 4.65. The van der Waals surface area contributed by atoms with Crippen molar-refractivity contribution in [2.24, 2.45) is 10.4 Å². The fraction of sp³-hybridized carbons (Fsp3) is 0.609. The summed E-state index contributed by atoms with van der Waals surface area (Å²) in [5, 5.41) is 3.45. The minimum atomic E-state index is -0.165. The number of carbonyl (C=O) groups excluding carboxylic acids is 2. The van der Waals surface area contributed by atoms with Crippen molar-refractivity contribution in [3.8, 4) is 0 Å². The molecular weight excluding hydrogens is 491 g/mol. The molecule has 1 saturated carbocycles. The minimum Gasteiger partial charge on any atom is -0.357 e. The van der Waals surface area contributed by atoms with Gasteiger partial charge in [-0.3, -0.25) is 19.5 Å². The topological polar surface area (TPSA) is 65.0 Å². The van der Waals surface area contributed by atoms with Crippen LogP contribution in [0.3, 0.4) is 0 Å². The Hall–Kier alpha value is -1.64. The maximum atomic E-state index is 12.4. The standard InChI is InChI=1S/C23H32N4O2.HI/c1-2-24-22(26-16-13-23(17-26)11-5-6-12-23)25-14-7-8-15-27-20(28)18-9-3-4-10-19(18)21(27)29;/h3-4,9-10H,2,5-8,11-17H2,1H3,(H,24,25);1H. The van der Waals surface area contributed by atoms with E-state index in [1.807, 2.05) is 0 Å². The van der Waals surface area contributed by atoms with Gasteiger partial charge < -0.3 is 10.2 Å². The van der Waals surface area contributed by atoms with E-state index in [0.717, 1.165) is 45.0 Å². The van der Waals surface area contributed by atoms with Crippen LogP contribution in [0, 0.1) is 5.41 Å². The summed E-state index contributed by atoms with van der Waals surface area (Å²) in [5.41, 5.74) is 1.58. The van der Waals surface area contributed by atoms with Crippen LogP contribution < -0.4 is 5.32 Å². The average molecular weight is 524 g/mol. The molecule has 0 radical (unpaired) electrons. The summed E-state index contributed by atoms with van der Waals surface area (Å²) in [6.07, 6.45) is 8.40. The highest BCUT2D eigenvalue weighted by Crippen LogP contribution is 2.45. The summed E-state index contributed by atoms with van der Waals surface area (Å²) < 4.78 is 0. The van der Waals surface area contributed by atoms with Crippen molar-refractivity contribution >= 4 is 41.8 Å². The summed E-state index contributed by atoms with van der Waals surface area (Å²) in [6.45, 7) is 6.39. The number of benzene rings is 1. The highest BCUT2D eigenvalue weighted by Gasteiger charge is 2.41. The van der Waals surface area contributed by atoms with Gasteiger partial charge in [-0.25, -0.2) is 0 Å². The molecule has 1 spiro atoms. The molecule has 2 amide bonds. The first-order chi connectivity index (χ1) is 14.1. The number of carbonyl (C=O) groups is 2. The number of guanidine groups is 1. The van der Waals surface area contributed by atoms with E-state index in [9.17, 15) is 9.59 Å². The second-order valence-corrected chi connectivity index (χ2v) is 8.63. The number of nitrogens with zero attached hydrogens (tertiary/aromatic N) is 3. The molecule has 1 aliphatic carbocycles. The van der Waals surface area contributed by atoms with Gasteiger partial charge in [-0.15, -0.1) is 24.0 Å². The van der Waals surface area contributed by atoms with Crippen LogP contribution in [0.15, 0.2) is 29.3 Å². The zero-order valence-corrected chi connectivity index (χ0v) is 20.2. The Morgan fingerprint density at radius 1 is 1.07 bits per heavy atom. The number of aliphatic imine (C=N–C) groups is 1. The first kappa shape index (κ1) is 23.0. The Kier molecular flexibility index (Phi) is 7.76. The molecule has 7 heteroatoms. The molecule has 0 bridgehead atoms. The maximum absolute atomic E-state index is 12.4. The Bertz CT molecular complexity index is 769. The summed E-state index contributed by atoms with van der Waals surface area (Å²) in [6, 6.07) is 7.07. The molecule has 1 aromatic rings. The van der Waals surface area contributed by atoms with E-state index >= 15 is 0 Å². The summed E-state index contributed by atoms with van der Waals surface area (Å²) in [7, 11) is 0. The van der Waals surface area contributed by atoms with Gasteiger partial charge in [0.1, 0.15) is 0 Å². The van der Waals surface area contributed by atoms with E-state index in [1.54, 1.807) is 24.3 Å². The number of halogens is 1. The number of rotatable bonds is 6. The van der Waals surface area contributed by atoms with Crippen LogP contribution in [0.2, 0.25) is 0 Å². The number of nitrogens with one attached hydrogen (secondary N) is 1. The van der Waals surface area contributed by atoms with Gasteiger partial charge in [0.25, 0.3) is 11.8 Å². The Balaban J connectivity index is 0.00000256. The molecule has 0 unspecified atom stereocenters. The van der Waals surface area contributed by atoms with Gasteiger partial charge in [0.05, 0.1) is 11.1 Å². The van der Waals surface area contributed by atoms with Crippen LogP contribution in [-0.4, -0.2) is 60.3 Å². The summed E-state index contributed by atoms with van der Waals surface area (Å²) >= 11 is 0. The smallest absolute Gasteiger partial charge is 0.261 e. The van der Waals surface area contributed by atoms with Crippen molar-refractivity contribution in [2.45, 2.75) is 51.9 Å². The van der Waals surface area contributed by atoms with E-state index < -0.39 is 0 Å². The third-order valence-corrected chi connectivity index (χ3v) is 6.67. The Morgan fingerprint density at radius 3 is 2.37 bits per heavy atom. The normalized spacial score (nSPS) is 20.1. The van der Waals surface area contributed by atoms with Crippen molar-refractivity contribution in [2.75, 3.05) is 32.7 Å². The number of hydrogen-bond acceptors (Lipinski definition) is 3. The van der Waals surface area contributed by atoms with Crippen LogP contribution in [0.25, 0.3) is 0 Å². The van der Waals surface area contributed by atoms with Crippen LogP contribution in [0.1, 0.15) is 72.6 Å². The highest BCUT2D eigenvalue weighted by atomic mass is 127. The lowest BCUT2D eigenvalue weighted by Crippen LogP contribution is -2.41. The zero-order chi connectivity index (χ0) is 20.3. The lowest BCUT2D eigenvalue weighted by atomic mass is 9.86. The van der Waals surface area contributed by atoms with E-state index in [2.05, 4.69) is 17.1 Å². The second kappa shape index (κ2) is 10.1. The van der Waals surface area contributed by atoms with Crippen molar-refractivity contribution in [3.63, 3.8) is 0 Å². The molecule has 0 aromatic heterocycles. The number of imide groups is 1. The Labute approximate surface area is 196 Å². The number of hydrogen-bond donors (Lipinski definition) is 1. The molecule has 6 nitrogen and oxygen atoms in total. The monoisotopic (exact) mass is 524 g/mol. The van der Waals surface area contributed by atoms with Gasteiger partial charge in [0, 0.05) is 32.7 Å². The van der Waals surface area contributed by atoms with E-state index in [0.29, 0.717) is 23.1 Å². The molecular formula is C23H33IN4O2. The Morgan fingerprint density at radius 2 is 1.73 bits per heavy atom. The van der Waals surface area contributed by atoms with Crippen LogP contribution in [0.5, 0.6) is 0 Å². The molecule has 164 valence electrons. The van der Waals surface area contributed by atoms with E-state index in [4.69, 9.17) is 4.99 Å². The molecule has 30 heavy (non-hydrogen) atoms. The fourth-order valence-corrected chi connectivity index (χ4v) is 5.08. The molecule has 2 aliphatic heterocycles. The molecule has 1 aromatic carbocycles. The van der Waals surface area contributed by atoms with Gasteiger partial charge in [-0.05, 0) is 56.6 Å². The van der Waals surface area contributed by atoms with E-state index in [1.165, 1.54) is 37.0 Å². The maximum Gasteiger partial charge on any atom is 0.261 e. The predicted molar refractivity (Wildman–Crippen MR) is 130 cm³/mol. The lowest BCUT2D eigenvalue weighted by molar-refractivity contribution is 0.0652. The first-order valence-electron chi connectivity index (χ1n) is 11.1. The molecule has 2 fully saturated rings. The van der Waals surface area contributed by atoms with Gasteiger partial charge >= 0.3 is 0 Å². The van der Waals surface area contributed by atoms with Gasteiger partial charge in [0.2, 0.25) is 0 Å². The van der Waals surface area contributed by atoms with E-state index in [-0.39, 0.29) is 35.8 Å². The molecule has 1 saturated heterocycles. The van der Waals surface area contributed by atoms with Crippen molar-refractivity contribution < 1.29 is 9.59 Å². The number of fused-ring (bicyclic) bond motifs is 1. The average Bonchev–Trinajstić information content (AvgIpc) is 3.43. The van der Waals surface area contributed by atoms with Crippen LogP contribution in [0.4, 0.5) is 0 Å². The fourth-order valence-electron chi connectivity index (χ4n) is 5.08. The van der Waals surface area contributed by atoms with Crippen molar-refractivity contribution in [1.82, 2.24) is 15.1 Å². The number of likely N-dealkylation sites (tertiary alicyclic amines) is 1. The highest BCUT2D eigenvalue weighted by molar-refractivity contribution is 14.0. The lowest BCUT2D eigenvalue weighted by Gasteiger charge is -2.26. The largest absolute Gasteiger partial charge is 0.357 e. The second-order valence-electron chi connectivity index (χ2n) is 8.63. The third-order valence-electron chi connectivity index (χ3n) is 6.67. The van der Waals surface area contributed by atoms with Crippen LogP contribution >= 0.6 is 24.0 Å².